The fourth-order valence-electron chi connectivity index (χ4n) is 10.5. The van der Waals surface area contributed by atoms with E-state index >= 15 is 0 Å². The molecule has 133 heavy (non-hydrogen) atoms. The molecule has 0 bridgehead atoms. The summed E-state index contributed by atoms with van der Waals surface area (Å²) < 4.78 is 129. The zero-order valence-electron chi connectivity index (χ0n) is 78.3. The minimum atomic E-state index is -0.886. The van der Waals surface area contributed by atoms with Crippen molar-refractivity contribution in [2.75, 3.05) is 210 Å². The summed E-state index contributed by atoms with van der Waals surface area (Å²) in [5, 5.41) is 13.1. The minimum Gasteiger partial charge on any atom is -0.470 e. The molecule has 0 amide bonds. The lowest BCUT2D eigenvalue weighted by Gasteiger charge is -2.27. The molecule has 4 aromatic heterocycles. The van der Waals surface area contributed by atoms with Crippen molar-refractivity contribution in [3.63, 3.8) is 0 Å². The van der Waals surface area contributed by atoms with Crippen LogP contribution in [0.4, 0.5) is 23.3 Å². The molecule has 4 aliphatic heterocycles. The van der Waals surface area contributed by atoms with Gasteiger partial charge in [0.1, 0.15) is 57.5 Å². The number of carbonyl (C=O) groups is 12. The second-order valence-electron chi connectivity index (χ2n) is 33.1. The van der Waals surface area contributed by atoms with E-state index < -0.39 is 103 Å². The van der Waals surface area contributed by atoms with E-state index in [1.165, 1.54) is 20.8 Å². The summed E-state index contributed by atoms with van der Waals surface area (Å²) in [4.78, 5) is 148. The van der Waals surface area contributed by atoms with Crippen LogP contribution in [0.2, 0.25) is 0 Å². The molecule has 0 radical (unpaired) electrons. The summed E-state index contributed by atoms with van der Waals surface area (Å²) in [6.45, 7) is 41.7. The van der Waals surface area contributed by atoms with Gasteiger partial charge in [0.25, 0.3) is 23.5 Å². The van der Waals surface area contributed by atoms with Gasteiger partial charge in [0.2, 0.25) is 23.3 Å². The van der Waals surface area contributed by atoms with Gasteiger partial charge in [0, 0.05) is 149 Å². The molecule has 0 aliphatic carbocycles. The molecular weight excluding hydrogens is 1830 g/mol. The number of anilines is 4. The largest absolute Gasteiger partial charge is 0.470 e. The SMILES string of the molecule is CC(=O)C(C)OC(=O)/C=C\C(=O)O[C@@H](CNC(C)(C)C)COc1nsnc1N1CCOCC1.CC(=O)COC(=O)/C=C/C(=O)O[C@@H](CNC(C)(C)C)COc1nsnc1N1CCOCC1.CCOC(=O)COC(=O)/C=C\C(=O)O[C@@H](CNC(C)(C)C)COc1nsnc1N1CCOCC1.CCOC(=O)COC(=O)/C=C\C(=O)O[C@@H](CNC(C)(C)C)COc1nsnc1N1CCOCC1. The van der Waals surface area contributed by atoms with Crippen LogP contribution < -0.4 is 59.8 Å². The Morgan fingerprint density at radius 1 is 0.331 bits per heavy atom. The Bertz CT molecular complexity index is 4240. The molecule has 8 rings (SSSR count). The van der Waals surface area contributed by atoms with Crippen LogP contribution in [-0.2, 0) is 124 Å². The number of hydrogen-bond acceptors (Lipinski definition) is 50. The number of ether oxygens (including phenoxy) is 18. The number of hydrogen-bond donors (Lipinski definition) is 4. The lowest BCUT2D eigenvalue weighted by atomic mass is 10.1. The third kappa shape index (κ3) is 49.8. The molecule has 0 spiro atoms. The second kappa shape index (κ2) is 59.8. The Kier molecular flexibility index (Phi) is 50.8. The molecule has 4 aliphatic rings. The molecule has 0 saturated carbocycles. The van der Waals surface area contributed by atoms with Crippen LogP contribution in [0.1, 0.15) is 118 Å². The maximum Gasteiger partial charge on any atom is 0.344 e. The van der Waals surface area contributed by atoms with Crippen LogP contribution in [0.5, 0.6) is 23.5 Å². The smallest absolute Gasteiger partial charge is 0.344 e. The Morgan fingerprint density at radius 3 is 0.759 bits per heavy atom. The van der Waals surface area contributed by atoms with E-state index in [1.807, 2.05) is 103 Å². The van der Waals surface area contributed by atoms with Crippen molar-refractivity contribution in [2.24, 2.45) is 0 Å². The first kappa shape index (κ1) is 113. The molecular formula is C83H126N16O30S4. The van der Waals surface area contributed by atoms with Crippen molar-refractivity contribution in [2.45, 2.75) is 170 Å². The van der Waals surface area contributed by atoms with E-state index in [-0.39, 0.29) is 80.0 Å². The molecule has 4 aromatic rings. The van der Waals surface area contributed by atoms with Gasteiger partial charge in [-0.2, -0.15) is 17.5 Å². The van der Waals surface area contributed by atoms with Crippen molar-refractivity contribution in [1.29, 1.82) is 0 Å². The number of aromatic nitrogens is 8. The Morgan fingerprint density at radius 2 is 0.549 bits per heavy atom. The highest BCUT2D eigenvalue weighted by Crippen LogP contribution is 2.31. The van der Waals surface area contributed by atoms with Crippen LogP contribution in [-0.4, -0.2) is 350 Å². The van der Waals surface area contributed by atoms with Gasteiger partial charge in [-0.1, -0.05) is 0 Å². The monoisotopic (exact) mass is 1950 g/mol. The molecule has 8 heterocycles. The minimum absolute atomic E-state index is 0.0265. The molecule has 1 unspecified atom stereocenters. The number of nitrogens with one attached hydrogen (secondary N) is 4. The van der Waals surface area contributed by atoms with Gasteiger partial charge >= 0.3 is 59.7 Å². The molecule has 4 N–H and O–H groups in total. The van der Waals surface area contributed by atoms with E-state index in [4.69, 9.17) is 71.1 Å². The van der Waals surface area contributed by atoms with E-state index in [1.54, 1.807) is 13.8 Å². The number of nitrogens with zero attached hydrogens (tertiary/aromatic N) is 12. The lowest BCUT2D eigenvalue weighted by molar-refractivity contribution is -0.155. The fraction of sp³-hybridized carbons (Fsp3) is 0.663. The van der Waals surface area contributed by atoms with Gasteiger partial charge in [-0.25, -0.2) is 47.9 Å². The summed E-state index contributed by atoms with van der Waals surface area (Å²) in [6.07, 6.45) is 3.85. The van der Waals surface area contributed by atoms with E-state index in [0.717, 1.165) is 95.5 Å². The second-order valence-corrected chi connectivity index (χ2v) is 35.2. The van der Waals surface area contributed by atoms with Gasteiger partial charge in [0.15, 0.2) is 30.9 Å². The maximum atomic E-state index is 12.3. The van der Waals surface area contributed by atoms with Crippen molar-refractivity contribution >= 4 is 141 Å². The Labute approximate surface area is 789 Å². The van der Waals surface area contributed by atoms with Gasteiger partial charge in [-0.05, 0) is 118 Å². The predicted molar refractivity (Wildman–Crippen MR) is 484 cm³/mol. The van der Waals surface area contributed by atoms with Crippen LogP contribution in [0.25, 0.3) is 0 Å². The van der Waals surface area contributed by atoms with Crippen LogP contribution in [0, 0.1) is 0 Å². The number of morpholine rings is 4. The number of ketones is 2. The van der Waals surface area contributed by atoms with Gasteiger partial charge in [-0.15, -0.1) is 17.5 Å². The first-order valence-electron chi connectivity index (χ1n) is 42.7. The first-order valence-corrected chi connectivity index (χ1v) is 45.7. The lowest BCUT2D eigenvalue weighted by Crippen LogP contribution is -2.44. The molecule has 50 heteroatoms. The van der Waals surface area contributed by atoms with Gasteiger partial charge < -0.3 is 126 Å². The summed E-state index contributed by atoms with van der Waals surface area (Å²) in [7, 11) is 0. The van der Waals surface area contributed by atoms with Crippen molar-refractivity contribution in [3.8, 4) is 23.5 Å². The number of Topliss-reactive ketones (excluding diaryl/α,β-unsaturated/α-hetero) is 2. The van der Waals surface area contributed by atoms with Gasteiger partial charge in [-0.3, -0.25) is 9.59 Å². The number of rotatable bonds is 46. The summed E-state index contributed by atoms with van der Waals surface area (Å²) >= 11 is 4.16. The van der Waals surface area contributed by atoms with E-state index in [2.05, 4.69) is 70.5 Å². The third-order valence-electron chi connectivity index (χ3n) is 17.2. The van der Waals surface area contributed by atoms with E-state index in [9.17, 15) is 57.5 Å². The topological polar surface area (TPSA) is 535 Å². The summed E-state index contributed by atoms with van der Waals surface area (Å²) in [5.41, 5.74) is -0.872. The number of esters is 10. The van der Waals surface area contributed by atoms with Crippen LogP contribution >= 0.6 is 46.9 Å². The normalized spacial score (nSPS) is 15.5. The number of carbonyl (C=O) groups excluding carboxylic acids is 12. The van der Waals surface area contributed by atoms with Crippen molar-refractivity contribution in [3.05, 3.63) is 48.6 Å². The third-order valence-corrected chi connectivity index (χ3v) is 19.2. The molecule has 5 atom stereocenters. The van der Waals surface area contributed by atoms with E-state index in [0.29, 0.717) is 178 Å². The molecule has 46 nitrogen and oxygen atoms in total. The molecule has 4 fully saturated rings. The molecule has 742 valence electrons. The molecule has 4 saturated heterocycles. The maximum absolute atomic E-state index is 12.3. The first-order chi connectivity index (χ1) is 63.0. The average molecular weight is 1960 g/mol. The predicted octanol–water partition coefficient (Wildman–Crippen LogP) is 3.30. The summed E-state index contributed by atoms with van der Waals surface area (Å²) in [6, 6.07) is 0. The highest BCUT2D eigenvalue weighted by Gasteiger charge is 2.30. The average Bonchev–Trinajstić information content (AvgIpc) is 1.73. The van der Waals surface area contributed by atoms with Crippen LogP contribution in [0.15, 0.2) is 48.6 Å². The van der Waals surface area contributed by atoms with Gasteiger partial charge in [0.05, 0.1) is 113 Å². The zero-order chi connectivity index (χ0) is 97.9. The zero-order valence-corrected chi connectivity index (χ0v) is 81.5. The Hall–Kier alpha value is -10.7. The van der Waals surface area contributed by atoms with Crippen LogP contribution in [0.3, 0.4) is 0 Å². The highest BCUT2D eigenvalue weighted by molar-refractivity contribution is 7.00. The van der Waals surface area contributed by atoms with Crippen molar-refractivity contribution < 1.29 is 143 Å². The highest BCUT2D eigenvalue weighted by atomic mass is 32.1. The quantitative estimate of drug-likeness (QED) is 0.0280. The Balaban J connectivity index is 0.000000314. The standard InChI is InChI=1S/2C21H32N4O8S.C21H32N4O7S.C20H30N4O7S/c2*1-5-30-18(28)14-31-16(26)6-7-17(27)33-15(12-22-21(2,3)4)13-32-20-19(23-34-24-20)25-8-10-29-11-9-25;1-14(26)15(2)31-17(27)6-7-18(28)32-16(12-22-21(3,4)5)13-30-20-19(23-33-24-20)25-8-10-29-11-9-25;1-14(25)12-29-16(26)5-6-17(27)31-15(11-21-20(2,3)4)13-30-19-18(22-32-23-19)24-7-9-28-10-8-24/h2*6-7,15,22H,5,8-14H2,1-4H3;6-7,15-16,22H,8-13H2,1-5H3;5-6,15,21H,7-13H2,1-4H3/b3*7-6-;6-5+/t2*15-;15?,16-;15-/m0000/s1. The van der Waals surface area contributed by atoms with Crippen molar-refractivity contribution in [1.82, 2.24) is 56.3 Å². The fourth-order valence-corrected chi connectivity index (χ4v) is 12.6. The summed E-state index contributed by atoms with van der Waals surface area (Å²) in [5.74, 6) is -4.28. The molecule has 0 aromatic carbocycles.